The second-order valence-electron chi connectivity index (χ2n) is 3.82. The zero-order valence-electron chi connectivity index (χ0n) is 7.92. The van der Waals surface area contributed by atoms with E-state index in [1.807, 2.05) is 23.9 Å². The smallest absolute Gasteiger partial charge is 0.0122 e. The van der Waals surface area contributed by atoms with Gasteiger partial charge in [-0.25, -0.2) is 0 Å². The van der Waals surface area contributed by atoms with E-state index in [4.69, 9.17) is 0 Å². The van der Waals surface area contributed by atoms with E-state index in [2.05, 4.69) is 39.8 Å². The molecule has 0 spiro atoms. The molecule has 1 aromatic carbocycles. The molecule has 0 nitrogen and oxygen atoms in total. The highest BCUT2D eigenvalue weighted by atomic mass is 32.2. The van der Waals surface area contributed by atoms with Crippen molar-refractivity contribution in [2.75, 3.05) is 0 Å². The number of hydrogen-bond donors (Lipinski definition) is 0. The zero-order chi connectivity index (χ0) is 9.19. The van der Waals surface area contributed by atoms with Crippen molar-refractivity contribution in [2.24, 2.45) is 0 Å². The Balaban J connectivity index is 2.83. The Labute approximate surface area is 79.4 Å². The third-order valence-corrected chi connectivity index (χ3v) is 2.62. The molecule has 0 atom stereocenters. The molecule has 0 saturated carbocycles. The van der Waals surface area contributed by atoms with Gasteiger partial charge in [0.15, 0.2) is 0 Å². The van der Waals surface area contributed by atoms with Crippen molar-refractivity contribution in [1.82, 2.24) is 0 Å². The predicted octanol–water partition coefficient (Wildman–Crippen LogP) is 3.76. The third kappa shape index (κ3) is 2.90. The Kier molecular flexibility index (Phi) is 2.84. The molecule has 0 aromatic heterocycles. The maximum atomic E-state index is 3.98. The first-order valence-electron chi connectivity index (χ1n) is 4.09. The van der Waals surface area contributed by atoms with E-state index in [1.165, 1.54) is 4.90 Å². The lowest BCUT2D eigenvalue weighted by Crippen LogP contribution is -2.06. The molecule has 0 bridgehead atoms. The Morgan fingerprint density at radius 2 is 1.75 bits per heavy atom. The molecule has 0 unspecified atom stereocenters. The fourth-order valence-electron chi connectivity index (χ4n) is 0.933. The summed E-state index contributed by atoms with van der Waals surface area (Å²) < 4.78 is 0.272. The molecular formula is C11H15S. The zero-order valence-corrected chi connectivity index (χ0v) is 8.74. The second-order valence-corrected chi connectivity index (χ2v) is 5.69. The molecule has 1 radical (unpaired) electrons. The minimum absolute atomic E-state index is 0.272. The summed E-state index contributed by atoms with van der Waals surface area (Å²) in [6, 6.07) is 8.25. The SMILES string of the molecule is [CH2]c1ccccc1SC(C)(C)C. The molecule has 1 heteroatoms. The first-order valence-corrected chi connectivity index (χ1v) is 4.91. The third-order valence-electron chi connectivity index (χ3n) is 1.39. The highest BCUT2D eigenvalue weighted by molar-refractivity contribution is 8.00. The largest absolute Gasteiger partial charge is 0.120 e. The normalized spacial score (nSPS) is 11.7. The lowest BCUT2D eigenvalue weighted by molar-refractivity contribution is 0.802. The van der Waals surface area contributed by atoms with Crippen molar-refractivity contribution >= 4 is 11.8 Å². The van der Waals surface area contributed by atoms with Crippen molar-refractivity contribution in [2.45, 2.75) is 30.4 Å². The van der Waals surface area contributed by atoms with Crippen LogP contribution in [0.1, 0.15) is 26.3 Å². The van der Waals surface area contributed by atoms with Gasteiger partial charge in [0.05, 0.1) is 0 Å². The van der Waals surface area contributed by atoms with Crippen molar-refractivity contribution in [3.63, 3.8) is 0 Å². The van der Waals surface area contributed by atoms with Crippen LogP contribution in [0, 0.1) is 6.92 Å². The van der Waals surface area contributed by atoms with Gasteiger partial charge in [0.25, 0.3) is 0 Å². The molecule has 0 aliphatic carbocycles. The van der Waals surface area contributed by atoms with Crippen LogP contribution in [0.5, 0.6) is 0 Å². The minimum atomic E-state index is 0.272. The standard InChI is InChI=1S/C11H15S/c1-9-7-5-6-8-10(9)12-11(2,3)4/h5-8H,1H2,2-4H3. The fraction of sp³-hybridized carbons (Fsp3) is 0.364. The van der Waals surface area contributed by atoms with Gasteiger partial charge in [-0.15, -0.1) is 11.8 Å². The number of rotatable bonds is 1. The molecule has 0 heterocycles. The Morgan fingerprint density at radius 1 is 1.17 bits per heavy atom. The summed E-state index contributed by atoms with van der Waals surface area (Å²) in [5, 5.41) is 0. The molecule has 65 valence electrons. The van der Waals surface area contributed by atoms with Crippen LogP contribution in [0.3, 0.4) is 0 Å². The van der Waals surface area contributed by atoms with E-state index in [-0.39, 0.29) is 4.75 Å². The van der Waals surface area contributed by atoms with Gasteiger partial charge in [0.2, 0.25) is 0 Å². The highest BCUT2D eigenvalue weighted by Crippen LogP contribution is 2.33. The van der Waals surface area contributed by atoms with Gasteiger partial charge in [0.1, 0.15) is 0 Å². The summed E-state index contributed by atoms with van der Waals surface area (Å²) in [6.45, 7) is 10.6. The molecule has 0 N–H and O–H groups in total. The summed E-state index contributed by atoms with van der Waals surface area (Å²) in [6.07, 6.45) is 0. The Morgan fingerprint density at radius 3 is 2.25 bits per heavy atom. The van der Waals surface area contributed by atoms with Crippen LogP contribution in [0.25, 0.3) is 0 Å². The minimum Gasteiger partial charge on any atom is -0.120 e. The summed E-state index contributed by atoms with van der Waals surface area (Å²) in [4.78, 5) is 1.28. The van der Waals surface area contributed by atoms with Gasteiger partial charge < -0.3 is 0 Å². The summed E-state index contributed by atoms with van der Waals surface area (Å²) in [5.74, 6) is 0. The maximum absolute atomic E-state index is 3.98. The van der Waals surface area contributed by atoms with Crippen LogP contribution in [-0.4, -0.2) is 4.75 Å². The van der Waals surface area contributed by atoms with Gasteiger partial charge in [0, 0.05) is 9.64 Å². The number of thioether (sulfide) groups is 1. The van der Waals surface area contributed by atoms with Crippen molar-refractivity contribution in [1.29, 1.82) is 0 Å². The van der Waals surface area contributed by atoms with Gasteiger partial charge in [-0.2, -0.15) is 0 Å². The monoisotopic (exact) mass is 179 g/mol. The number of benzene rings is 1. The van der Waals surface area contributed by atoms with Crippen LogP contribution >= 0.6 is 11.8 Å². The predicted molar refractivity (Wildman–Crippen MR) is 56.5 cm³/mol. The maximum Gasteiger partial charge on any atom is 0.0122 e. The van der Waals surface area contributed by atoms with E-state index in [1.54, 1.807) is 0 Å². The van der Waals surface area contributed by atoms with E-state index in [0.29, 0.717) is 0 Å². The molecule has 1 aromatic rings. The Bertz CT molecular complexity index is 258. The molecule has 12 heavy (non-hydrogen) atoms. The Hall–Kier alpha value is -0.430. The highest BCUT2D eigenvalue weighted by Gasteiger charge is 2.12. The lowest BCUT2D eigenvalue weighted by Gasteiger charge is -2.18. The first-order chi connectivity index (χ1) is 5.49. The lowest BCUT2D eigenvalue weighted by atomic mass is 10.2. The summed E-state index contributed by atoms with van der Waals surface area (Å²) >= 11 is 1.86. The van der Waals surface area contributed by atoms with Crippen molar-refractivity contribution in [3.05, 3.63) is 36.8 Å². The molecule has 0 fully saturated rings. The fourth-order valence-corrected chi connectivity index (χ4v) is 1.94. The quantitative estimate of drug-likeness (QED) is 0.591. The van der Waals surface area contributed by atoms with E-state index < -0.39 is 0 Å². The molecule has 0 amide bonds. The molecule has 0 aliphatic heterocycles. The molecule has 0 aliphatic rings. The van der Waals surface area contributed by atoms with Crippen molar-refractivity contribution < 1.29 is 0 Å². The average molecular weight is 179 g/mol. The summed E-state index contributed by atoms with van der Waals surface area (Å²) in [7, 11) is 0. The first kappa shape index (κ1) is 9.66. The number of hydrogen-bond acceptors (Lipinski definition) is 1. The molecule has 1 rings (SSSR count). The van der Waals surface area contributed by atoms with Crippen LogP contribution in [-0.2, 0) is 0 Å². The molecular weight excluding hydrogens is 164 g/mol. The van der Waals surface area contributed by atoms with E-state index >= 15 is 0 Å². The average Bonchev–Trinajstić information content (AvgIpc) is 1.91. The van der Waals surface area contributed by atoms with E-state index in [9.17, 15) is 0 Å². The topological polar surface area (TPSA) is 0 Å². The van der Waals surface area contributed by atoms with Crippen LogP contribution in [0.4, 0.5) is 0 Å². The van der Waals surface area contributed by atoms with Gasteiger partial charge in [-0.3, -0.25) is 0 Å². The van der Waals surface area contributed by atoms with Gasteiger partial charge in [-0.1, -0.05) is 39.0 Å². The van der Waals surface area contributed by atoms with E-state index in [0.717, 1.165) is 5.56 Å². The van der Waals surface area contributed by atoms with Crippen molar-refractivity contribution in [3.8, 4) is 0 Å². The second kappa shape index (κ2) is 3.53. The summed E-state index contributed by atoms with van der Waals surface area (Å²) in [5.41, 5.74) is 1.12. The van der Waals surface area contributed by atoms with Crippen LogP contribution in [0.15, 0.2) is 29.2 Å². The van der Waals surface area contributed by atoms with Crippen LogP contribution < -0.4 is 0 Å². The van der Waals surface area contributed by atoms with Gasteiger partial charge in [-0.05, 0) is 18.6 Å². The molecule has 0 saturated heterocycles. The van der Waals surface area contributed by atoms with Crippen LogP contribution in [0.2, 0.25) is 0 Å². The van der Waals surface area contributed by atoms with Gasteiger partial charge >= 0.3 is 0 Å².